The third kappa shape index (κ3) is 5.25. The molecule has 0 aliphatic carbocycles. The average molecular weight is 486 g/mol. The predicted molar refractivity (Wildman–Crippen MR) is 125 cm³/mol. The molecule has 1 aromatic heterocycles. The molecule has 2 aromatic rings. The number of likely N-dealkylation sites (N-methyl/N-ethyl adjacent to an activating group) is 1. The third-order valence-corrected chi connectivity index (χ3v) is 6.53. The second-order valence-electron chi connectivity index (χ2n) is 8.05. The Kier molecular flexibility index (Phi) is 6.87. The van der Waals surface area contributed by atoms with Gasteiger partial charge in [0.2, 0.25) is 11.8 Å². The second kappa shape index (κ2) is 9.78. The van der Waals surface area contributed by atoms with Crippen molar-refractivity contribution >= 4 is 39.2 Å². The van der Waals surface area contributed by atoms with Gasteiger partial charge in [-0.15, -0.1) is 0 Å². The topological polar surface area (TPSA) is 68.8 Å². The summed E-state index contributed by atoms with van der Waals surface area (Å²) < 4.78 is 0.911. The smallest absolute Gasteiger partial charge is 0.227 e. The molecule has 0 saturated carbocycles. The van der Waals surface area contributed by atoms with E-state index in [1.807, 2.05) is 42.6 Å². The van der Waals surface area contributed by atoms with Crippen LogP contribution in [0.4, 0.5) is 11.5 Å². The van der Waals surface area contributed by atoms with E-state index in [4.69, 9.17) is 0 Å². The van der Waals surface area contributed by atoms with Crippen LogP contribution in [0.25, 0.3) is 0 Å². The summed E-state index contributed by atoms with van der Waals surface area (Å²) in [6.45, 7) is 8.20. The van der Waals surface area contributed by atoms with Crippen molar-refractivity contribution < 1.29 is 9.59 Å². The monoisotopic (exact) mass is 485 g/mol. The number of nitrogens with one attached hydrogen (secondary N) is 1. The summed E-state index contributed by atoms with van der Waals surface area (Å²) in [6.07, 6.45) is 2.06. The van der Waals surface area contributed by atoms with Gasteiger partial charge in [0.15, 0.2) is 0 Å². The van der Waals surface area contributed by atoms with E-state index in [1.165, 1.54) is 0 Å². The minimum Gasteiger partial charge on any atom is -0.354 e. The standard InChI is InChI=1S/C23H28BrN5O2/c1-2-27-8-10-28(11-9-27)21-7-6-17(14-25-21)15-26-23(31)18-12-22(30)29(16-18)20-5-3-4-19(24)13-20/h3-7,13-14,18H,2,8-12,15-16H2,1H3,(H,26,31). The van der Waals surface area contributed by atoms with Gasteiger partial charge in [-0.25, -0.2) is 4.98 Å². The Morgan fingerprint density at radius 1 is 1.19 bits per heavy atom. The molecule has 3 heterocycles. The zero-order valence-corrected chi connectivity index (χ0v) is 19.3. The van der Waals surface area contributed by atoms with Crippen LogP contribution in [0.15, 0.2) is 47.1 Å². The average Bonchev–Trinajstić information content (AvgIpc) is 3.19. The summed E-state index contributed by atoms with van der Waals surface area (Å²) in [6, 6.07) is 11.6. The molecule has 4 rings (SSSR count). The first kappa shape index (κ1) is 21.8. The number of hydrogen-bond donors (Lipinski definition) is 1. The number of carbonyl (C=O) groups excluding carboxylic acids is 2. The maximum absolute atomic E-state index is 12.6. The van der Waals surface area contributed by atoms with Crippen molar-refractivity contribution in [2.45, 2.75) is 19.9 Å². The summed E-state index contributed by atoms with van der Waals surface area (Å²) >= 11 is 3.43. The van der Waals surface area contributed by atoms with Crippen molar-refractivity contribution in [1.82, 2.24) is 15.2 Å². The maximum Gasteiger partial charge on any atom is 0.227 e. The highest BCUT2D eigenvalue weighted by molar-refractivity contribution is 9.10. The number of halogens is 1. The molecule has 1 unspecified atom stereocenters. The van der Waals surface area contributed by atoms with Gasteiger partial charge in [-0.3, -0.25) is 9.59 Å². The van der Waals surface area contributed by atoms with E-state index in [1.54, 1.807) is 4.90 Å². The van der Waals surface area contributed by atoms with E-state index in [0.717, 1.165) is 54.3 Å². The lowest BCUT2D eigenvalue weighted by atomic mass is 10.1. The molecule has 2 saturated heterocycles. The maximum atomic E-state index is 12.6. The second-order valence-corrected chi connectivity index (χ2v) is 8.96. The lowest BCUT2D eigenvalue weighted by molar-refractivity contribution is -0.126. The largest absolute Gasteiger partial charge is 0.354 e. The summed E-state index contributed by atoms with van der Waals surface area (Å²) in [7, 11) is 0. The van der Waals surface area contributed by atoms with E-state index in [2.05, 4.69) is 43.0 Å². The molecule has 31 heavy (non-hydrogen) atoms. The molecule has 7 nitrogen and oxygen atoms in total. The molecule has 0 spiro atoms. The minimum atomic E-state index is -0.339. The van der Waals surface area contributed by atoms with Gasteiger partial charge >= 0.3 is 0 Å². The first-order valence-corrected chi connectivity index (χ1v) is 11.6. The van der Waals surface area contributed by atoms with Crippen LogP contribution >= 0.6 is 15.9 Å². The van der Waals surface area contributed by atoms with Crippen LogP contribution in [0, 0.1) is 5.92 Å². The highest BCUT2D eigenvalue weighted by Gasteiger charge is 2.35. The predicted octanol–water partition coefficient (Wildman–Crippen LogP) is 2.66. The number of pyridine rings is 1. The number of nitrogens with zero attached hydrogens (tertiary/aromatic N) is 4. The van der Waals surface area contributed by atoms with E-state index >= 15 is 0 Å². The van der Waals surface area contributed by atoms with Gasteiger partial charge in [0, 0.05) is 62.0 Å². The summed E-state index contributed by atoms with van der Waals surface area (Å²) in [4.78, 5) is 36.1. The molecule has 0 bridgehead atoms. The van der Waals surface area contributed by atoms with Gasteiger partial charge in [-0.1, -0.05) is 35.0 Å². The highest BCUT2D eigenvalue weighted by Crippen LogP contribution is 2.27. The summed E-state index contributed by atoms with van der Waals surface area (Å²) in [5.41, 5.74) is 1.77. The Hall–Kier alpha value is -2.45. The molecule has 164 valence electrons. The van der Waals surface area contributed by atoms with Crippen LogP contribution in [0.3, 0.4) is 0 Å². The minimum absolute atomic E-state index is 0.0209. The van der Waals surface area contributed by atoms with Crippen molar-refractivity contribution in [3.05, 3.63) is 52.6 Å². The first-order chi connectivity index (χ1) is 15.0. The molecule has 1 aromatic carbocycles. The number of anilines is 2. The lowest BCUT2D eigenvalue weighted by Gasteiger charge is -2.34. The van der Waals surface area contributed by atoms with Crippen LogP contribution in [0.1, 0.15) is 18.9 Å². The number of amides is 2. The number of rotatable bonds is 6. The fourth-order valence-corrected chi connectivity index (χ4v) is 4.50. The fraction of sp³-hybridized carbons (Fsp3) is 0.435. The number of piperazine rings is 1. The number of carbonyl (C=O) groups is 2. The third-order valence-electron chi connectivity index (χ3n) is 6.04. The van der Waals surface area contributed by atoms with Gasteiger partial charge in [0.1, 0.15) is 5.82 Å². The molecule has 0 radical (unpaired) electrons. The Bertz CT molecular complexity index is 928. The van der Waals surface area contributed by atoms with Crippen LogP contribution in [0.5, 0.6) is 0 Å². The molecular weight excluding hydrogens is 458 g/mol. The molecule has 2 amide bonds. The zero-order chi connectivity index (χ0) is 21.8. The van der Waals surface area contributed by atoms with Crippen LogP contribution in [0.2, 0.25) is 0 Å². The molecule has 8 heteroatoms. The van der Waals surface area contributed by atoms with E-state index < -0.39 is 0 Å². The Labute approximate surface area is 191 Å². The summed E-state index contributed by atoms with van der Waals surface area (Å²) in [5.74, 6) is 0.531. The Morgan fingerprint density at radius 3 is 2.68 bits per heavy atom. The van der Waals surface area contributed by atoms with Gasteiger partial charge < -0.3 is 20.0 Å². The van der Waals surface area contributed by atoms with Gasteiger partial charge in [0.25, 0.3) is 0 Å². The van der Waals surface area contributed by atoms with E-state index in [-0.39, 0.29) is 24.2 Å². The Morgan fingerprint density at radius 2 is 2.00 bits per heavy atom. The van der Waals surface area contributed by atoms with E-state index in [9.17, 15) is 9.59 Å². The highest BCUT2D eigenvalue weighted by atomic mass is 79.9. The van der Waals surface area contributed by atoms with Crippen molar-refractivity contribution in [3.63, 3.8) is 0 Å². The van der Waals surface area contributed by atoms with Crippen molar-refractivity contribution in [2.75, 3.05) is 49.1 Å². The van der Waals surface area contributed by atoms with Crippen LogP contribution in [-0.2, 0) is 16.1 Å². The lowest BCUT2D eigenvalue weighted by Crippen LogP contribution is -2.46. The molecular formula is C23H28BrN5O2. The molecule has 1 atom stereocenters. The fourth-order valence-electron chi connectivity index (χ4n) is 4.11. The number of hydrogen-bond acceptors (Lipinski definition) is 5. The van der Waals surface area contributed by atoms with Crippen molar-refractivity contribution in [1.29, 1.82) is 0 Å². The first-order valence-electron chi connectivity index (χ1n) is 10.8. The SMILES string of the molecule is CCN1CCN(c2ccc(CNC(=O)C3CC(=O)N(c4cccc(Br)c4)C3)cn2)CC1. The van der Waals surface area contributed by atoms with Crippen molar-refractivity contribution in [3.8, 4) is 0 Å². The number of benzene rings is 1. The zero-order valence-electron chi connectivity index (χ0n) is 17.8. The Balaban J connectivity index is 1.28. The van der Waals surface area contributed by atoms with Crippen LogP contribution in [-0.4, -0.2) is 61.0 Å². The normalized spacial score (nSPS) is 19.7. The quantitative estimate of drug-likeness (QED) is 0.680. The molecule has 1 N–H and O–H groups in total. The van der Waals surface area contributed by atoms with Gasteiger partial charge in [0.05, 0.1) is 5.92 Å². The van der Waals surface area contributed by atoms with Crippen molar-refractivity contribution in [2.24, 2.45) is 5.92 Å². The van der Waals surface area contributed by atoms with Gasteiger partial charge in [-0.2, -0.15) is 0 Å². The number of aromatic nitrogens is 1. The molecule has 2 fully saturated rings. The van der Waals surface area contributed by atoms with Gasteiger partial charge in [-0.05, 0) is 36.4 Å². The molecule has 2 aliphatic heterocycles. The van der Waals surface area contributed by atoms with E-state index in [0.29, 0.717) is 13.1 Å². The molecule has 2 aliphatic rings. The van der Waals surface area contributed by atoms with Crippen LogP contribution < -0.4 is 15.1 Å². The summed E-state index contributed by atoms with van der Waals surface area (Å²) in [5, 5.41) is 2.97.